The molecule has 0 aliphatic heterocycles. The molecule has 4 nitrogen and oxygen atoms in total. The zero-order valence-corrected chi connectivity index (χ0v) is 15.2. The van der Waals surface area contributed by atoms with E-state index >= 15 is 0 Å². The monoisotopic (exact) mass is 415 g/mol. The van der Waals surface area contributed by atoms with Crippen molar-refractivity contribution >= 4 is 27.7 Å². The molecule has 1 amide bonds. The Morgan fingerprint density at radius 3 is 2.35 bits per heavy atom. The highest BCUT2D eigenvalue weighted by atomic mass is 79.9. The van der Waals surface area contributed by atoms with Gasteiger partial charge in [0.15, 0.2) is 0 Å². The van der Waals surface area contributed by atoms with Crippen molar-refractivity contribution in [1.29, 1.82) is 0 Å². The van der Waals surface area contributed by atoms with Crippen LogP contribution in [0.5, 0.6) is 11.5 Å². The molecular formula is C20H15BrFNO3. The van der Waals surface area contributed by atoms with Crippen LogP contribution in [0, 0.1) is 5.82 Å². The van der Waals surface area contributed by atoms with Crippen molar-refractivity contribution in [2.45, 2.75) is 6.61 Å². The zero-order chi connectivity index (χ0) is 18.4. The van der Waals surface area contributed by atoms with Crippen molar-refractivity contribution in [3.05, 3.63) is 88.6 Å². The molecular weight excluding hydrogens is 401 g/mol. The summed E-state index contributed by atoms with van der Waals surface area (Å²) in [6, 6.07) is 20.6. The summed E-state index contributed by atoms with van der Waals surface area (Å²) in [6.07, 6.45) is -0.537. The van der Waals surface area contributed by atoms with Crippen LogP contribution in [0.4, 0.5) is 14.9 Å². The number of nitrogens with one attached hydrogen (secondary N) is 1. The molecule has 1 N–H and O–H groups in total. The Kier molecular flexibility index (Phi) is 5.86. The van der Waals surface area contributed by atoms with Gasteiger partial charge in [-0.15, -0.1) is 0 Å². The summed E-state index contributed by atoms with van der Waals surface area (Å²) in [5.41, 5.74) is 1.49. The standard InChI is InChI=1S/C20H15BrFNO3/c21-18-12-17(10-11-19(18)22)26-16-8-6-15(7-9-16)23-20(24)25-13-14-4-2-1-3-5-14/h1-12H,13H2,(H,23,24). The van der Waals surface area contributed by atoms with Crippen LogP contribution in [0.15, 0.2) is 77.3 Å². The van der Waals surface area contributed by atoms with E-state index in [2.05, 4.69) is 21.2 Å². The van der Waals surface area contributed by atoms with E-state index in [0.29, 0.717) is 21.7 Å². The predicted molar refractivity (Wildman–Crippen MR) is 101 cm³/mol. The first-order valence-electron chi connectivity index (χ1n) is 7.81. The molecule has 0 saturated carbocycles. The molecule has 0 spiro atoms. The first-order valence-corrected chi connectivity index (χ1v) is 8.60. The van der Waals surface area contributed by atoms with Gasteiger partial charge < -0.3 is 9.47 Å². The fraction of sp³-hybridized carbons (Fsp3) is 0.0500. The highest BCUT2D eigenvalue weighted by Gasteiger charge is 2.06. The lowest BCUT2D eigenvalue weighted by Crippen LogP contribution is -2.13. The van der Waals surface area contributed by atoms with E-state index in [1.54, 1.807) is 30.3 Å². The van der Waals surface area contributed by atoms with Gasteiger partial charge in [-0.05, 0) is 64.0 Å². The number of halogens is 2. The van der Waals surface area contributed by atoms with Crippen LogP contribution < -0.4 is 10.1 Å². The molecule has 0 aliphatic rings. The predicted octanol–water partition coefficient (Wildman–Crippen LogP) is 6.13. The molecule has 0 aromatic heterocycles. The quantitative estimate of drug-likeness (QED) is 0.545. The molecule has 0 heterocycles. The van der Waals surface area contributed by atoms with Crippen molar-refractivity contribution in [3.63, 3.8) is 0 Å². The number of hydrogen-bond acceptors (Lipinski definition) is 3. The van der Waals surface area contributed by atoms with E-state index in [1.807, 2.05) is 30.3 Å². The largest absolute Gasteiger partial charge is 0.457 e. The van der Waals surface area contributed by atoms with Gasteiger partial charge >= 0.3 is 6.09 Å². The molecule has 0 radical (unpaired) electrons. The maximum absolute atomic E-state index is 13.2. The van der Waals surface area contributed by atoms with E-state index in [1.165, 1.54) is 12.1 Å². The van der Waals surface area contributed by atoms with Crippen molar-refractivity contribution in [3.8, 4) is 11.5 Å². The number of anilines is 1. The first kappa shape index (κ1) is 17.9. The van der Waals surface area contributed by atoms with Gasteiger partial charge in [0, 0.05) is 5.69 Å². The van der Waals surface area contributed by atoms with Crippen LogP contribution in [0.2, 0.25) is 0 Å². The minimum absolute atomic E-state index is 0.202. The van der Waals surface area contributed by atoms with Crippen LogP contribution in [0.3, 0.4) is 0 Å². The Morgan fingerprint density at radius 1 is 0.962 bits per heavy atom. The lowest BCUT2D eigenvalue weighted by atomic mass is 10.2. The van der Waals surface area contributed by atoms with Gasteiger partial charge in [-0.3, -0.25) is 5.32 Å². The summed E-state index contributed by atoms with van der Waals surface area (Å²) in [5.74, 6) is 0.707. The third-order valence-electron chi connectivity index (χ3n) is 3.44. The van der Waals surface area contributed by atoms with Crippen molar-refractivity contribution < 1.29 is 18.7 Å². The Bertz CT molecular complexity index is 885. The van der Waals surface area contributed by atoms with Gasteiger partial charge in [0.25, 0.3) is 0 Å². The van der Waals surface area contributed by atoms with Crippen LogP contribution >= 0.6 is 15.9 Å². The van der Waals surface area contributed by atoms with Gasteiger partial charge in [0.1, 0.15) is 23.9 Å². The Balaban J connectivity index is 1.53. The van der Waals surface area contributed by atoms with Crippen molar-refractivity contribution in [1.82, 2.24) is 0 Å². The molecule has 0 bridgehead atoms. The van der Waals surface area contributed by atoms with Gasteiger partial charge in [-0.1, -0.05) is 30.3 Å². The van der Waals surface area contributed by atoms with E-state index < -0.39 is 6.09 Å². The number of carbonyl (C=O) groups is 1. The molecule has 6 heteroatoms. The summed E-state index contributed by atoms with van der Waals surface area (Å²) >= 11 is 3.11. The second kappa shape index (κ2) is 8.49. The number of amides is 1. The summed E-state index contributed by atoms with van der Waals surface area (Å²) in [7, 11) is 0. The number of carbonyl (C=O) groups excluding carboxylic acids is 1. The SMILES string of the molecule is O=C(Nc1ccc(Oc2ccc(F)c(Br)c2)cc1)OCc1ccccc1. The highest BCUT2D eigenvalue weighted by Crippen LogP contribution is 2.27. The molecule has 0 atom stereocenters. The Morgan fingerprint density at radius 2 is 1.65 bits per heavy atom. The fourth-order valence-corrected chi connectivity index (χ4v) is 2.52. The van der Waals surface area contributed by atoms with Gasteiger partial charge in [0.05, 0.1) is 4.47 Å². The van der Waals surface area contributed by atoms with Gasteiger partial charge in [-0.2, -0.15) is 0 Å². The van der Waals surface area contributed by atoms with Crippen LogP contribution in [0.1, 0.15) is 5.56 Å². The maximum Gasteiger partial charge on any atom is 0.411 e. The Hall–Kier alpha value is -2.86. The molecule has 132 valence electrons. The molecule has 0 unspecified atom stereocenters. The topological polar surface area (TPSA) is 47.6 Å². The van der Waals surface area contributed by atoms with Crippen molar-refractivity contribution in [2.75, 3.05) is 5.32 Å². The summed E-state index contributed by atoms with van der Waals surface area (Å²) < 4.78 is 24.4. The molecule has 0 aliphatic carbocycles. The molecule has 3 aromatic carbocycles. The number of ether oxygens (including phenoxy) is 2. The van der Waals surface area contributed by atoms with Crippen LogP contribution in [-0.4, -0.2) is 6.09 Å². The average molecular weight is 416 g/mol. The van der Waals surface area contributed by atoms with Gasteiger partial charge in [0.2, 0.25) is 0 Å². The van der Waals surface area contributed by atoms with Gasteiger partial charge in [-0.25, -0.2) is 9.18 Å². The minimum atomic E-state index is -0.537. The van der Waals surface area contributed by atoms with Crippen LogP contribution in [0.25, 0.3) is 0 Å². The van der Waals surface area contributed by atoms with E-state index in [0.717, 1.165) is 5.56 Å². The summed E-state index contributed by atoms with van der Waals surface area (Å²) in [4.78, 5) is 11.8. The number of rotatable bonds is 5. The summed E-state index contributed by atoms with van der Waals surface area (Å²) in [5, 5.41) is 2.65. The van der Waals surface area contributed by atoms with E-state index in [-0.39, 0.29) is 12.4 Å². The third-order valence-corrected chi connectivity index (χ3v) is 4.05. The highest BCUT2D eigenvalue weighted by molar-refractivity contribution is 9.10. The fourth-order valence-electron chi connectivity index (χ4n) is 2.16. The molecule has 0 saturated heterocycles. The first-order chi connectivity index (χ1) is 12.6. The summed E-state index contributed by atoms with van der Waals surface area (Å²) in [6.45, 7) is 0.202. The zero-order valence-electron chi connectivity index (χ0n) is 13.6. The van der Waals surface area contributed by atoms with Crippen LogP contribution in [-0.2, 0) is 11.3 Å². The lowest BCUT2D eigenvalue weighted by molar-refractivity contribution is 0.155. The normalized spacial score (nSPS) is 10.2. The lowest BCUT2D eigenvalue weighted by Gasteiger charge is -2.09. The average Bonchev–Trinajstić information content (AvgIpc) is 2.65. The number of benzene rings is 3. The molecule has 26 heavy (non-hydrogen) atoms. The van der Waals surface area contributed by atoms with Crippen molar-refractivity contribution in [2.24, 2.45) is 0 Å². The molecule has 3 aromatic rings. The maximum atomic E-state index is 13.2. The second-order valence-corrected chi connectivity index (χ2v) is 6.24. The van der Waals surface area contributed by atoms with E-state index in [4.69, 9.17) is 9.47 Å². The van der Waals surface area contributed by atoms with E-state index in [9.17, 15) is 9.18 Å². The minimum Gasteiger partial charge on any atom is -0.457 e. The third kappa shape index (κ3) is 5.07. The Labute approximate surface area is 158 Å². The second-order valence-electron chi connectivity index (χ2n) is 5.39. The molecule has 3 rings (SSSR count). The molecule has 0 fully saturated rings. The smallest absolute Gasteiger partial charge is 0.411 e. The number of hydrogen-bond donors (Lipinski definition) is 1.